The van der Waals surface area contributed by atoms with Gasteiger partial charge in [-0.1, -0.05) is 29.3 Å². The number of benzene rings is 1. The number of urea groups is 1. The Labute approximate surface area is 120 Å². The van der Waals surface area contributed by atoms with Crippen LogP contribution in [0.1, 0.15) is 5.69 Å². The maximum absolute atomic E-state index is 11.8. The normalized spacial score (nSPS) is 10.1. The van der Waals surface area contributed by atoms with Crippen LogP contribution >= 0.6 is 23.2 Å². The Balaban J connectivity index is 2.05. The molecule has 0 bridgehead atoms. The zero-order valence-electron chi connectivity index (χ0n) is 10.1. The summed E-state index contributed by atoms with van der Waals surface area (Å²) >= 11 is 11.7. The molecule has 2 aromatic rings. The summed E-state index contributed by atoms with van der Waals surface area (Å²) in [5, 5.41) is 6.17. The molecule has 1 heterocycles. The first-order chi connectivity index (χ1) is 9.02. The highest BCUT2D eigenvalue weighted by atomic mass is 35.5. The van der Waals surface area contributed by atoms with Crippen molar-refractivity contribution < 1.29 is 4.79 Å². The van der Waals surface area contributed by atoms with Gasteiger partial charge >= 0.3 is 6.03 Å². The van der Waals surface area contributed by atoms with Crippen molar-refractivity contribution >= 4 is 40.7 Å². The second kappa shape index (κ2) is 5.91. The molecule has 0 saturated carbocycles. The number of halogens is 2. The Morgan fingerprint density at radius 2 is 1.79 bits per heavy atom. The third-order valence-corrected chi connectivity index (χ3v) is 2.69. The standard InChI is InChI=1S/C13H11Cl2N3O/c1-8-3-2-4-12(16-8)18-13(19)17-11-6-9(14)5-10(15)7-11/h2-7H,1H3,(H2,16,17,18,19). The first kappa shape index (κ1) is 13.6. The van der Waals surface area contributed by atoms with Crippen LogP contribution < -0.4 is 10.6 Å². The second-order valence-electron chi connectivity index (χ2n) is 3.90. The van der Waals surface area contributed by atoms with Gasteiger partial charge in [-0.05, 0) is 37.3 Å². The highest BCUT2D eigenvalue weighted by Crippen LogP contribution is 2.22. The van der Waals surface area contributed by atoms with Gasteiger partial charge in [-0.25, -0.2) is 9.78 Å². The first-order valence-electron chi connectivity index (χ1n) is 5.51. The predicted molar refractivity (Wildman–Crippen MR) is 78.1 cm³/mol. The Morgan fingerprint density at radius 1 is 1.11 bits per heavy atom. The molecule has 2 rings (SSSR count). The summed E-state index contributed by atoms with van der Waals surface area (Å²) in [5.74, 6) is 0.477. The van der Waals surface area contributed by atoms with Gasteiger partial charge in [0.1, 0.15) is 5.82 Å². The molecule has 1 aromatic heterocycles. The van der Waals surface area contributed by atoms with E-state index >= 15 is 0 Å². The molecule has 0 aliphatic carbocycles. The maximum Gasteiger partial charge on any atom is 0.324 e. The second-order valence-corrected chi connectivity index (χ2v) is 4.77. The van der Waals surface area contributed by atoms with Crippen molar-refractivity contribution in [3.63, 3.8) is 0 Å². The molecule has 2 N–H and O–H groups in total. The van der Waals surface area contributed by atoms with Crippen LogP contribution in [0.5, 0.6) is 0 Å². The molecule has 19 heavy (non-hydrogen) atoms. The van der Waals surface area contributed by atoms with E-state index in [2.05, 4.69) is 15.6 Å². The van der Waals surface area contributed by atoms with Crippen molar-refractivity contribution in [3.05, 3.63) is 52.1 Å². The average molecular weight is 296 g/mol. The summed E-state index contributed by atoms with van der Waals surface area (Å²) in [6, 6.07) is 9.77. The topological polar surface area (TPSA) is 54.0 Å². The lowest BCUT2D eigenvalue weighted by Gasteiger charge is -2.08. The van der Waals surface area contributed by atoms with E-state index in [-0.39, 0.29) is 0 Å². The monoisotopic (exact) mass is 295 g/mol. The number of nitrogens with one attached hydrogen (secondary N) is 2. The lowest BCUT2D eigenvalue weighted by atomic mass is 10.3. The van der Waals surface area contributed by atoms with Crippen LogP contribution in [0, 0.1) is 6.92 Å². The molecule has 1 aromatic carbocycles. The zero-order chi connectivity index (χ0) is 13.8. The van der Waals surface area contributed by atoms with Crippen molar-refractivity contribution in [1.82, 2.24) is 4.98 Å². The van der Waals surface area contributed by atoms with E-state index in [1.807, 2.05) is 19.1 Å². The van der Waals surface area contributed by atoms with E-state index in [1.54, 1.807) is 24.3 Å². The highest BCUT2D eigenvalue weighted by molar-refractivity contribution is 6.35. The number of aryl methyl sites for hydroxylation is 1. The molecule has 0 atom stereocenters. The van der Waals surface area contributed by atoms with Gasteiger partial charge < -0.3 is 5.32 Å². The number of rotatable bonds is 2. The number of hydrogen-bond acceptors (Lipinski definition) is 2. The number of nitrogens with zero attached hydrogens (tertiary/aromatic N) is 1. The van der Waals surface area contributed by atoms with Gasteiger partial charge in [-0.2, -0.15) is 0 Å². The van der Waals surface area contributed by atoms with Gasteiger partial charge in [0.15, 0.2) is 0 Å². The summed E-state index contributed by atoms with van der Waals surface area (Å²) in [4.78, 5) is 15.9. The van der Waals surface area contributed by atoms with E-state index < -0.39 is 6.03 Å². The van der Waals surface area contributed by atoms with Gasteiger partial charge in [0.2, 0.25) is 0 Å². The minimum absolute atomic E-state index is 0.406. The lowest BCUT2D eigenvalue weighted by Crippen LogP contribution is -2.20. The van der Waals surface area contributed by atoms with E-state index in [1.165, 1.54) is 0 Å². The van der Waals surface area contributed by atoms with Gasteiger partial charge in [0, 0.05) is 21.4 Å². The third-order valence-electron chi connectivity index (χ3n) is 2.25. The molecule has 0 fully saturated rings. The fraction of sp³-hybridized carbons (Fsp3) is 0.0769. The minimum atomic E-state index is -0.406. The fourth-order valence-electron chi connectivity index (χ4n) is 1.52. The quantitative estimate of drug-likeness (QED) is 0.866. The van der Waals surface area contributed by atoms with Crippen LogP contribution in [-0.2, 0) is 0 Å². The molecule has 6 heteroatoms. The number of pyridine rings is 1. The molecular formula is C13H11Cl2N3O. The number of aromatic nitrogens is 1. The van der Waals surface area contributed by atoms with Crippen molar-refractivity contribution in [1.29, 1.82) is 0 Å². The maximum atomic E-state index is 11.8. The minimum Gasteiger partial charge on any atom is -0.308 e. The molecule has 2 amide bonds. The Morgan fingerprint density at radius 3 is 2.42 bits per heavy atom. The van der Waals surface area contributed by atoms with Gasteiger partial charge in [0.25, 0.3) is 0 Å². The summed E-state index contributed by atoms with van der Waals surface area (Å²) < 4.78 is 0. The average Bonchev–Trinajstić information content (AvgIpc) is 2.26. The molecule has 0 aliphatic rings. The summed E-state index contributed by atoms with van der Waals surface area (Å²) in [6.45, 7) is 1.85. The van der Waals surface area contributed by atoms with Gasteiger partial charge in [0.05, 0.1) is 0 Å². The van der Waals surface area contributed by atoms with Crippen LogP contribution in [0.2, 0.25) is 10.0 Å². The van der Waals surface area contributed by atoms with Crippen molar-refractivity contribution in [2.75, 3.05) is 10.6 Å². The molecular weight excluding hydrogens is 285 g/mol. The van der Waals surface area contributed by atoms with Crippen LogP contribution in [0.15, 0.2) is 36.4 Å². The van der Waals surface area contributed by atoms with E-state index in [0.717, 1.165) is 5.69 Å². The molecule has 0 saturated heterocycles. The number of anilines is 2. The SMILES string of the molecule is Cc1cccc(NC(=O)Nc2cc(Cl)cc(Cl)c2)n1. The molecule has 0 spiro atoms. The van der Waals surface area contributed by atoms with E-state index in [9.17, 15) is 4.79 Å². The Kier molecular flexibility index (Phi) is 4.24. The number of amides is 2. The summed E-state index contributed by atoms with van der Waals surface area (Å²) in [7, 11) is 0. The smallest absolute Gasteiger partial charge is 0.308 e. The fourth-order valence-corrected chi connectivity index (χ4v) is 2.04. The lowest BCUT2D eigenvalue weighted by molar-refractivity contribution is 0.262. The number of hydrogen-bond donors (Lipinski definition) is 2. The Bertz CT molecular complexity index is 596. The molecule has 4 nitrogen and oxygen atoms in total. The Hall–Kier alpha value is -1.78. The van der Waals surface area contributed by atoms with Crippen molar-refractivity contribution in [2.24, 2.45) is 0 Å². The summed E-state index contributed by atoms with van der Waals surface area (Å²) in [5.41, 5.74) is 1.34. The predicted octanol–water partition coefficient (Wildman–Crippen LogP) is 4.34. The van der Waals surface area contributed by atoms with Crippen molar-refractivity contribution in [3.8, 4) is 0 Å². The van der Waals surface area contributed by atoms with E-state index in [4.69, 9.17) is 23.2 Å². The van der Waals surface area contributed by atoms with Gasteiger partial charge in [-0.3, -0.25) is 5.32 Å². The third kappa shape index (κ3) is 4.12. The van der Waals surface area contributed by atoms with Crippen LogP contribution in [-0.4, -0.2) is 11.0 Å². The number of carbonyl (C=O) groups is 1. The molecule has 0 aliphatic heterocycles. The van der Waals surface area contributed by atoms with Crippen LogP contribution in [0.3, 0.4) is 0 Å². The van der Waals surface area contributed by atoms with Crippen LogP contribution in [0.25, 0.3) is 0 Å². The highest BCUT2D eigenvalue weighted by Gasteiger charge is 2.05. The van der Waals surface area contributed by atoms with Crippen molar-refractivity contribution in [2.45, 2.75) is 6.92 Å². The molecule has 0 radical (unpaired) electrons. The van der Waals surface area contributed by atoms with Gasteiger partial charge in [-0.15, -0.1) is 0 Å². The molecule has 98 valence electrons. The number of carbonyl (C=O) groups excluding carboxylic acids is 1. The molecule has 0 unspecified atom stereocenters. The first-order valence-corrected chi connectivity index (χ1v) is 6.26. The van der Waals surface area contributed by atoms with Crippen LogP contribution in [0.4, 0.5) is 16.3 Å². The summed E-state index contributed by atoms with van der Waals surface area (Å²) in [6.07, 6.45) is 0. The van der Waals surface area contributed by atoms with E-state index in [0.29, 0.717) is 21.6 Å². The zero-order valence-corrected chi connectivity index (χ0v) is 11.6. The largest absolute Gasteiger partial charge is 0.324 e.